The molecule has 2 aromatic rings. The minimum absolute atomic E-state index is 0.0653. The predicted molar refractivity (Wildman–Crippen MR) is 66.5 cm³/mol. The van der Waals surface area contributed by atoms with Crippen LogP contribution in [0.25, 0.3) is 11.4 Å². The summed E-state index contributed by atoms with van der Waals surface area (Å²) in [5.74, 6) is 0.227. The molecule has 0 fully saturated rings. The highest BCUT2D eigenvalue weighted by Crippen LogP contribution is 2.15. The van der Waals surface area contributed by atoms with Gasteiger partial charge in [-0.15, -0.1) is 0 Å². The molecule has 0 saturated heterocycles. The van der Waals surface area contributed by atoms with Crippen molar-refractivity contribution in [3.8, 4) is 11.4 Å². The Morgan fingerprint density at radius 3 is 2.78 bits per heavy atom. The number of carbonyl (C=O) groups is 1. The summed E-state index contributed by atoms with van der Waals surface area (Å²) in [6.07, 6.45) is 1.50. The van der Waals surface area contributed by atoms with E-state index < -0.39 is 0 Å². The summed E-state index contributed by atoms with van der Waals surface area (Å²) in [7, 11) is 0. The van der Waals surface area contributed by atoms with E-state index in [9.17, 15) is 4.79 Å². The molecule has 6 nitrogen and oxygen atoms in total. The van der Waals surface area contributed by atoms with Crippen LogP contribution < -0.4 is 5.73 Å². The largest absolute Gasteiger partial charge is 0.465 e. The Balaban J connectivity index is 2.10. The molecular weight excluding hydrogens is 232 g/mol. The zero-order valence-corrected chi connectivity index (χ0v) is 10.0. The summed E-state index contributed by atoms with van der Waals surface area (Å²) < 4.78 is 6.28. The molecule has 2 N–H and O–H groups in total. The number of benzene rings is 1. The van der Waals surface area contributed by atoms with Crippen LogP contribution in [0.4, 0.5) is 5.69 Å². The van der Waals surface area contributed by atoms with Crippen LogP contribution in [0.3, 0.4) is 0 Å². The van der Waals surface area contributed by atoms with Gasteiger partial charge >= 0.3 is 5.97 Å². The zero-order valence-electron chi connectivity index (χ0n) is 10.0. The van der Waals surface area contributed by atoms with Crippen molar-refractivity contribution < 1.29 is 9.53 Å². The van der Waals surface area contributed by atoms with E-state index >= 15 is 0 Å². The normalized spacial score (nSPS) is 10.3. The number of esters is 1. The minimum atomic E-state index is -0.328. The molecule has 1 heterocycles. The molecule has 0 atom stereocenters. The average molecular weight is 246 g/mol. The maximum absolute atomic E-state index is 11.3. The van der Waals surface area contributed by atoms with Gasteiger partial charge in [0.15, 0.2) is 5.82 Å². The SMILES string of the molecule is CCOC(=O)Cn1cnc(-c2ccc(N)cc2)n1. The van der Waals surface area contributed by atoms with Gasteiger partial charge in [-0.1, -0.05) is 0 Å². The molecule has 6 heteroatoms. The van der Waals surface area contributed by atoms with Gasteiger partial charge in [-0.25, -0.2) is 9.67 Å². The number of nitrogens with two attached hydrogens (primary N) is 1. The van der Waals surface area contributed by atoms with E-state index in [1.165, 1.54) is 11.0 Å². The van der Waals surface area contributed by atoms with E-state index in [1.807, 2.05) is 12.1 Å². The molecule has 0 unspecified atom stereocenters. The summed E-state index contributed by atoms with van der Waals surface area (Å²) in [6, 6.07) is 7.22. The maximum Gasteiger partial charge on any atom is 0.327 e. The van der Waals surface area contributed by atoms with E-state index in [0.29, 0.717) is 18.1 Å². The summed E-state index contributed by atoms with van der Waals surface area (Å²) in [5.41, 5.74) is 7.14. The van der Waals surface area contributed by atoms with Crippen LogP contribution in [0.2, 0.25) is 0 Å². The number of hydrogen-bond acceptors (Lipinski definition) is 5. The fraction of sp³-hybridized carbons (Fsp3) is 0.250. The molecule has 0 bridgehead atoms. The highest BCUT2D eigenvalue weighted by atomic mass is 16.5. The number of anilines is 1. The number of ether oxygens (including phenoxy) is 1. The standard InChI is InChI=1S/C12H14N4O2/c1-2-18-11(17)7-16-8-14-12(15-16)9-3-5-10(13)6-4-9/h3-6,8H,2,7,13H2,1H3. The Labute approximate surface area is 104 Å². The fourth-order valence-electron chi connectivity index (χ4n) is 1.47. The monoisotopic (exact) mass is 246 g/mol. The van der Waals surface area contributed by atoms with E-state index in [4.69, 9.17) is 10.5 Å². The summed E-state index contributed by atoms with van der Waals surface area (Å²) >= 11 is 0. The molecule has 1 aromatic heterocycles. The van der Waals surface area contributed by atoms with Crippen LogP contribution in [-0.2, 0) is 16.1 Å². The lowest BCUT2D eigenvalue weighted by Gasteiger charge is -2.00. The van der Waals surface area contributed by atoms with Gasteiger partial charge in [-0.3, -0.25) is 4.79 Å². The molecule has 94 valence electrons. The molecule has 1 aromatic carbocycles. The number of carbonyl (C=O) groups excluding carboxylic acids is 1. The van der Waals surface area contributed by atoms with E-state index in [0.717, 1.165) is 5.56 Å². The maximum atomic E-state index is 11.3. The number of aromatic nitrogens is 3. The van der Waals surface area contributed by atoms with Crippen molar-refractivity contribution in [2.24, 2.45) is 0 Å². The van der Waals surface area contributed by atoms with Crippen LogP contribution in [0.15, 0.2) is 30.6 Å². The van der Waals surface area contributed by atoms with Crippen molar-refractivity contribution >= 4 is 11.7 Å². The molecule has 0 spiro atoms. The van der Waals surface area contributed by atoms with Crippen LogP contribution >= 0.6 is 0 Å². The molecule has 0 aliphatic carbocycles. The quantitative estimate of drug-likeness (QED) is 0.645. The molecule has 18 heavy (non-hydrogen) atoms. The Morgan fingerprint density at radius 1 is 1.39 bits per heavy atom. The summed E-state index contributed by atoms with van der Waals surface area (Å²) in [4.78, 5) is 15.4. The van der Waals surface area contributed by atoms with Gasteiger partial charge in [-0.05, 0) is 31.2 Å². The first-order valence-corrected chi connectivity index (χ1v) is 5.60. The molecule has 0 saturated carbocycles. The fourth-order valence-corrected chi connectivity index (χ4v) is 1.47. The highest BCUT2D eigenvalue weighted by Gasteiger charge is 2.07. The molecular formula is C12H14N4O2. The van der Waals surface area contributed by atoms with Gasteiger partial charge in [0.25, 0.3) is 0 Å². The Morgan fingerprint density at radius 2 is 2.11 bits per heavy atom. The van der Waals surface area contributed by atoms with Crippen molar-refractivity contribution in [3.63, 3.8) is 0 Å². The molecule has 2 rings (SSSR count). The molecule has 0 amide bonds. The van der Waals surface area contributed by atoms with E-state index in [-0.39, 0.29) is 12.5 Å². The second-order valence-corrected chi connectivity index (χ2v) is 3.69. The molecule has 0 aliphatic heterocycles. The second-order valence-electron chi connectivity index (χ2n) is 3.69. The van der Waals surface area contributed by atoms with Crippen molar-refractivity contribution in [2.75, 3.05) is 12.3 Å². The van der Waals surface area contributed by atoms with Crippen molar-refractivity contribution in [2.45, 2.75) is 13.5 Å². The lowest BCUT2D eigenvalue weighted by atomic mass is 10.2. The van der Waals surface area contributed by atoms with Crippen molar-refractivity contribution in [3.05, 3.63) is 30.6 Å². The van der Waals surface area contributed by atoms with Gasteiger partial charge < -0.3 is 10.5 Å². The van der Waals surface area contributed by atoms with Crippen LogP contribution in [0.5, 0.6) is 0 Å². The van der Waals surface area contributed by atoms with Crippen molar-refractivity contribution in [1.29, 1.82) is 0 Å². The van der Waals surface area contributed by atoms with Crippen LogP contribution in [0.1, 0.15) is 6.92 Å². The Kier molecular flexibility index (Phi) is 3.57. The lowest BCUT2D eigenvalue weighted by Crippen LogP contribution is -2.13. The minimum Gasteiger partial charge on any atom is -0.465 e. The van der Waals surface area contributed by atoms with Crippen LogP contribution in [0, 0.1) is 0 Å². The predicted octanol–water partition coefficient (Wildman–Crippen LogP) is 1.09. The smallest absolute Gasteiger partial charge is 0.327 e. The summed E-state index contributed by atoms with van der Waals surface area (Å²) in [6.45, 7) is 2.19. The molecule has 0 aliphatic rings. The second kappa shape index (κ2) is 5.31. The number of rotatable bonds is 4. The van der Waals surface area contributed by atoms with Gasteiger partial charge in [0.05, 0.1) is 6.61 Å². The van der Waals surface area contributed by atoms with Gasteiger partial charge in [0.1, 0.15) is 12.9 Å². The number of hydrogen-bond donors (Lipinski definition) is 1. The summed E-state index contributed by atoms with van der Waals surface area (Å²) in [5, 5.41) is 4.20. The van der Waals surface area contributed by atoms with Crippen LogP contribution in [-0.4, -0.2) is 27.3 Å². The third-order valence-corrected chi connectivity index (χ3v) is 2.30. The third-order valence-electron chi connectivity index (χ3n) is 2.30. The van der Waals surface area contributed by atoms with Gasteiger partial charge in [0, 0.05) is 11.3 Å². The lowest BCUT2D eigenvalue weighted by molar-refractivity contribution is -0.144. The highest BCUT2D eigenvalue weighted by molar-refractivity contribution is 5.69. The first kappa shape index (κ1) is 12.1. The van der Waals surface area contributed by atoms with Gasteiger partial charge in [0.2, 0.25) is 0 Å². The van der Waals surface area contributed by atoms with E-state index in [1.54, 1.807) is 19.1 Å². The number of nitrogens with zero attached hydrogens (tertiary/aromatic N) is 3. The van der Waals surface area contributed by atoms with Gasteiger partial charge in [-0.2, -0.15) is 5.10 Å². The Hall–Kier alpha value is -2.37. The third kappa shape index (κ3) is 2.85. The number of nitrogen functional groups attached to an aromatic ring is 1. The zero-order chi connectivity index (χ0) is 13.0. The Bertz CT molecular complexity index is 533. The topological polar surface area (TPSA) is 83.0 Å². The average Bonchev–Trinajstić information content (AvgIpc) is 2.78. The van der Waals surface area contributed by atoms with E-state index in [2.05, 4.69) is 10.1 Å². The molecule has 0 radical (unpaired) electrons. The first-order valence-electron chi connectivity index (χ1n) is 5.60. The van der Waals surface area contributed by atoms with Crippen molar-refractivity contribution in [1.82, 2.24) is 14.8 Å². The first-order chi connectivity index (χ1) is 8.69.